The first-order valence-corrected chi connectivity index (χ1v) is 8.94. The smallest absolute Gasteiger partial charge is 0.258 e. The van der Waals surface area contributed by atoms with Crippen molar-refractivity contribution in [3.8, 4) is 0 Å². The van der Waals surface area contributed by atoms with E-state index in [9.17, 15) is 9.59 Å². The lowest BCUT2D eigenvalue weighted by atomic mass is 10.2. The minimum atomic E-state index is -0.402. The Labute approximate surface area is 123 Å². The van der Waals surface area contributed by atoms with Crippen LogP contribution >= 0.6 is 32.9 Å². The van der Waals surface area contributed by atoms with Crippen LogP contribution in [0.3, 0.4) is 0 Å². The summed E-state index contributed by atoms with van der Waals surface area (Å²) in [5.41, 5.74) is 0. The largest absolute Gasteiger partial charge is 0.315 e. The summed E-state index contributed by atoms with van der Waals surface area (Å²) in [5, 5.41) is 1.18. The predicted octanol–water partition coefficient (Wildman–Crippen LogP) is 2.15. The van der Waals surface area contributed by atoms with E-state index < -0.39 is 10.7 Å². The highest BCUT2D eigenvalue weighted by Gasteiger charge is 2.51. The van der Waals surface area contributed by atoms with Gasteiger partial charge in [-0.15, -0.1) is 17.9 Å². The summed E-state index contributed by atoms with van der Waals surface area (Å²) >= 11 is 1.61. The van der Waals surface area contributed by atoms with Gasteiger partial charge in [0.1, 0.15) is 0 Å². The number of rotatable bonds is 4. The lowest BCUT2D eigenvalue weighted by Gasteiger charge is -2.47. The Kier molecular flexibility index (Phi) is 3.60. The van der Waals surface area contributed by atoms with Crippen molar-refractivity contribution in [2.45, 2.75) is 17.3 Å². The van der Waals surface area contributed by atoms with E-state index in [-0.39, 0.29) is 11.8 Å². The summed E-state index contributed by atoms with van der Waals surface area (Å²) in [6, 6.07) is 3.95. The Morgan fingerprint density at radius 3 is 2.53 bits per heavy atom. The van der Waals surface area contributed by atoms with Gasteiger partial charge in [0.05, 0.1) is 6.54 Å². The Morgan fingerprint density at radius 1 is 1.21 bits per heavy atom. The van der Waals surface area contributed by atoms with Crippen LogP contribution in [0, 0.1) is 0 Å². The molecule has 0 aliphatic carbocycles. The molecule has 0 aromatic carbocycles. The van der Waals surface area contributed by atoms with E-state index in [1.54, 1.807) is 27.2 Å². The average molecular weight is 312 g/mol. The molecule has 0 spiro atoms. The molecular weight excluding hydrogens is 300 g/mol. The van der Waals surface area contributed by atoms with E-state index in [0.717, 1.165) is 4.88 Å². The summed E-state index contributed by atoms with van der Waals surface area (Å²) in [5.74, 6) is 0.0495. The Hall–Kier alpha value is -0.920. The van der Waals surface area contributed by atoms with E-state index in [4.69, 9.17) is 0 Å². The minimum absolute atomic E-state index is 0.0183. The second kappa shape index (κ2) is 5.22. The molecule has 19 heavy (non-hydrogen) atoms. The molecule has 3 saturated heterocycles. The molecule has 2 atom stereocenters. The molecule has 0 unspecified atom stereocenters. The molecule has 2 bridgehead atoms. The van der Waals surface area contributed by atoms with Gasteiger partial charge in [-0.2, -0.15) is 0 Å². The van der Waals surface area contributed by atoms with Gasteiger partial charge < -0.3 is 9.80 Å². The Balaban J connectivity index is 1.83. The van der Waals surface area contributed by atoms with Crippen molar-refractivity contribution in [3.05, 3.63) is 35.0 Å². The lowest BCUT2D eigenvalue weighted by Crippen LogP contribution is -2.64. The zero-order valence-electron chi connectivity index (χ0n) is 10.0. The highest BCUT2D eigenvalue weighted by Crippen LogP contribution is 2.47. The second-order valence-corrected chi connectivity index (χ2v) is 7.69. The van der Waals surface area contributed by atoms with Crippen LogP contribution in [0.25, 0.3) is 0 Å². The maximum atomic E-state index is 12.4. The molecule has 2 amide bonds. The molecule has 3 aliphatic rings. The van der Waals surface area contributed by atoms with E-state index in [2.05, 4.69) is 6.58 Å². The first-order chi connectivity index (χ1) is 9.22. The third-order valence-electron chi connectivity index (χ3n) is 3.02. The van der Waals surface area contributed by atoms with Crippen molar-refractivity contribution in [3.63, 3.8) is 0 Å². The summed E-state index contributed by atoms with van der Waals surface area (Å²) in [4.78, 5) is 29.1. The molecule has 4 rings (SSSR count). The van der Waals surface area contributed by atoms with E-state index in [1.807, 2.05) is 17.5 Å². The maximum absolute atomic E-state index is 12.4. The number of carbonyl (C=O) groups excluding carboxylic acids is 2. The van der Waals surface area contributed by atoms with Gasteiger partial charge in [0.25, 0.3) is 11.8 Å². The molecule has 0 N–H and O–H groups in total. The zero-order chi connectivity index (χ0) is 13.4. The third-order valence-corrected chi connectivity index (χ3v) is 6.70. The van der Waals surface area contributed by atoms with Crippen molar-refractivity contribution in [1.82, 2.24) is 9.80 Å². The molecule has 3 aliphatic heterocycles. The van der Waals surface area contributed by atoms with Crippen LogP contribution < -0.4 is 0 Å². The predicted molar refractivity (Wildman–Crippen MR) is 79.5 cm³/mol. The van der Waals surface area contributed by atoms with Crippen LogP contribution in [0.15, 0.2) is 30.2 Å². The van der Waals surface area contributed by atoms with Crippen LogP contribution in [-0.4, -0.2) is 38.9 Å². The number of thiophene rings is 1. The molecule has 7 heteroatoms. The number of piperazine rings is 1. The highest BCUT2D eigenvalue weighted by atomic mass is 33.1. The van der Waals surface area contributed by atoms with Gasteiger partial charge in [-0.25, -0.2) is 0 Å². The molecule has 3 fully saturated rings. The molecule has 1 aromatic heterocycles. The van der Waals surface area contributed by atoms with E-state index in [0.29, 0.717) is 13.1 Å². The fourth-order valence-corrected chi connectivity index (χ4v) is 5.80. The molecule has 4 nitrogen and oxygen atoms in total. The fourth-order valence-electron chi connectivity index (χ4n) is 2.13. The number of hydrogen-bond donors (Lipinski definition) is 0. The number of nitrogens with zero attached hydrogens (tertiary/aromatic N) is 2. The van der Waals surface area contributed by atoms with Gasteiger partial charge in [-0.3, -0.25) is 9.59 Å². The van der Waals surface area contributed by atoms with Crippen molar-refractivity contribution in [2.75, 3.05) is 6.54 Å². The van der Waals surface area contributed by atoms with Gasteiger partial charge in [0, 0.05) is 11.4 Å². The number of hydrogen-bond acceptors (Lipinski definition) is 5. The summed E-state index contributed by atoms with van der Waals surface area (Å²) in [6.07, 6.45) is 1.67. The monoisotopic (exact) mass is 312 g/mol. The first kappa shape index (κ1) is 13.1. The quantitative estimate of drug-likeness (QED) is 0.631. The summed E-state index contributed by atoms with van der Waals surface area (Å²) < 4.78 is 0. The van der Waals surface area contributed by atoms with Gasteiger partial charge in [-0.05, 0) is 11.4 Å². The van der Waals surface area contributed by atoms with Crippen molar-refractivity contribution in [2.24, 2.45) is 0 Å². The van der Waals surface area contributed by atoms with Crippen LogP contribution in [0.4, 0.5) is 0 Å². The lowest BCUT2D eigenvalue weighted by molar-refractivity contribution is -0.153. The first-order valence-electron chi connectivity index (χ1n) is 5.78. The number of fused-ring (bicyclic) bond motifs is 3. The molecule has 0 saturated carbocycles. The Bertz CT molecular complexity index is 517. The molecule has 4 heterocycles. The maximum Gasteiger partial charge on any atom is 0.258 e. The topological polar surface area (TPSA) is 40.6 Å². The third kappa shape index (κ3) is 2.19. The molecule has 0 radical (unpaired) electrons. The van der Waals surface area contributed by atoms with Crippen LogP contribution in [0.1, 0.15) is 4.88 Å². The summed E-state index contributed by atoms with van der Waals surface area (Å²) in [7, 11) is 2.96. The van der Waals surface area contributed by atoms with Crippen molar-refractivity contribution < 1.29 is 9.59 Å². The van der Waals surface area contributed by atoms with Crippen LogP contribution in [0.5, 0.6) is 0 Å². The van der Waals surface area contributed by atoms with E-state index >= 15 is 0 Å². The van der Waals surface area contributed by atoms with Gasteiger partial charge in [0.2, 0.25) is 0 Å². The average Bonchev–Trinajstić information content (AvgIpc) is 2.90. The standard InChI is InChI=1S/C12H12N2O2S3/c1-2-5-13-9(15)12-14(7-8-4-3-6-17-8)10(16)11(13)18-19-12/h2-4,6,11-12H,1,5,7H2/t11-,12-/m1/s1. The Morgan fingerprint density at radius 2 is 1.89 bits per heavy atom. The minimum Gasteiger partial charge on any atom is -0.315 e. The van der Waals surface area contributed by atoms with Crippen molar-refractivity contribution in [1.29, 1.82) is 0 Å². The fraction of sp³-hybridized carbons (Fsp3) is 0.333. The van der Waals surface area contributed by atoms with E-state index in [1.165, 1.54) is 21.6 Å². The van der Waals surface area contributed by atoms with Crippen LogP contribution in [-0.2, 0) is 16.1 Å². The van der Waals surface area contributed by atoms with Gasteiger partial charge >= 0.3 is 0 Å². The molecule has 1 aromatic rings. The number of amides is 2. The zero-order valence-corrected chi connectivity index (χ0v) is 12.5. The number of carbonyl (C=O) groups is 2. The van der Waals surface area contributed by atoms with Gasteiger partial charge in [-0.1, -0.05) is 33.7 Å². The van der Waals surface area contributed by atoms with Crippen LogP contribution in [0.2, 0.25) is 0 Å². The second-order valence-electron chi connectivity index (χ2n) is 4.22. The van der Waals surface area contributed by atoms with Gasteiger partial charge in [0.15, 0.2) is 10.7 Å². The molecular formula is C12H12N2O2S3. The highest BCUT2D eigenvalue weighted by molar-refractivity contribution is 8.77. The van der Waals surface area contributed by atoms with Crippen molar-refractivity contribution >= 4 is 44.7 Å². The SMILES string of the molecule is C=CCN1C(=O)[C@H]2SS[C@@H]1C(=O)N2Cc1cccs1. The summed E-state index contributed by atoms with van der Waals surface area (Å²) in [6.45, 7) is 4.61. The normalized spacial score (nSPS) is 26.1. The molecule has 100 valence electrons.